The fourth-order valence-corrected chi connectivity index (χ4v) is 2.85. The third-order valence-electron chi connectivity index (χ3n) is 2.63. The van der Waals surface area contributed by atoms with Crippen molar-refractivity contribution >= 4 is 39.0 Å². The Morgan fingerprint density at radius 2 is 2.06 bits per heavy atom. The molecule has 0 fully saturated rings. The number of fused-ring (bicyclic) bond motifs is 1. The summed E-state index contributed by atoms with van der Waals surface area (Å²) in [6, 6.07) is 7.51. The lowest BCUT2D eigenvalue weighted by atomic mass is 9.91. The van der Waals surface area contributed by atoms with Gasteiger partial charge in [0.25, 0.3) is 0 Å². The molecule has 1 aromatic heterocycles. The average molecular weight is 255 g/mol. The Balaban J connectivity index is 2.59. The van der Waals surface area contributed by atoms with Crippen molar-refractivity contribution in [2.45, 2.75) is 19.3 Å². The van der Waals surface area contributed by atoms with E-state index >= 15 is 0 Å². The molecule has 2 nitrogen and oxygen atoms in total. The van der Waals surface area contributed by atoms with Crippen molar-refractivity contribution in [1.29, 1.82) is 0 Å². The van der Waals surface area contributed by atoms with Crippen LogP contribution in [0.1, 0.15) is 18.7 Å². The quantitative estimate of drug-likeness (QED) is 0.882. The van der Waals surface area contributed by atoms with Crippen LogP contribution in [0, 0.1) is 0 Å². The SMILES string of the molecule is CC(C)(C(=O)O)c1cc2ccc(Cl)cc2s1. The molecule has 4 heteroatoms. The van der Waals surface area contributed by atoms with Crippen molar-refractivity contribution in [3.63, 3.8) is 0 Å². The highest BCUT2D eigenvalue weighted by atomic mass is 35.5. The lowest BCUT2D eigenvalue weighted by Crippen LogP contribution is -2.27. The molecule has 0 aliphatic carbocycles. The summed E-state index contributed by atoms with van der Waals surface area (Å²) < 4.78 is 1.02. The summed E-state index contributed by atoms with van der Waals surface area (Å²) in [5.74, 6) is -0.815. The van der Waals surface area contributed by atoms with Gasteiger partial charge in [-0.2, -0.15) is 0 Å². The van der Waals surface area contributed by atoms with Crippen molar-refractivity contribution in [2.75, 3.05) is 0 Å². The van der Waals surface area contributed by atoms with E-state index in [9.17, 15) is 4.79 Å². The number of halogens is 1. The van der Waals surface area contributed by atoms with Crippen molar-refractivity contribution in [2.24, 2.45) is 0 Å². The first-order valence-corrected chi connectivity index (χ1v) is 6.03. The van der Waals surface area contributed by atoms with Gasteiger partial charge in [0, 0.05) is 14.6 Å². The summed E-state index contributed by atoms with van der Waals surface area (Å²) >= 11 is 7.38. The molecule has 0 aliphatic rings. The number of benzene rings is 1. The first kappa shape index (κ1) is 11.4. The normalized spacial score (nSPS) is 11.9. The monoisotopic (exact) mass is 254 g/mol. The number of hydrogen-bond acceptors (Lipinski definition) is 2. The van der Waals surface area contributed by atoms with Crippen LogP contribution in [-0.2, 0) is 10.2 Å². The Kier molecular flexibility index (Phi) is 2.68. The van der Waals surface area contributed by atoms with Crippen LogP contribution in [-0.4, -0.2) is 11.1 Å². The Hall–Kier alpha value is -1.06. The predicted octanol–water partition coefficient (Wildman–Crippen LogP) is 3.92. The van der Waals surface area contributed by atoms with Crippen molar-refractivity contribution in [3.8, 4) is 0 Å². The second kappa shape index (κ2) is 3.75. The van der Waals surface area contributed by atoms with E-state index in [4.69, 9.17) is 16.7 Å². The maximum Gasteiger partial charge on any atom is 0.314 e. The zero-order valence-corrected chi connectivity index (χ0v) is 10.5. The number of thiophene rings is 1. The molecule has 1 heterocycles. The second-order valence-electron chi connectivity index (χ2n) is 4.22. The first-order chi connectivity index (χ1) is 7.41. The minimum atomic E-state index is -0.851. The van der Waals surface area contributed by atoms with Gasteiger partial charge in [-0.05, 0) is 37.4 Å². The molecule has 1 aromatic carbocycles. The maximum atomic E-state index is 11.1. The summed E-state index contributed by atoms with van der Waals surface area (Å²) in [6.45, 7) is 3.42. The first-order valence-electron chi connectivity index (χ1n) is 4.84. The highest BCUT2D eigenvalue weighted by Gasteiger charge is 2.31. The lowest BCUT2D eigenvalue weighted by Gasteiger charge is -2.16. The lowest BCUT2D eigenvalue weighted by molar-refractivity contribution is -0.142. The summed E-state index contributed by atoms with van der Waals surface area (Å²) in [5.41, 5.74) is -0.851. The Morgan fingerprint density at radius 1 is 1.38 bits per heavy atom. The molecular formula is C12H11ClO2S. The summed E-state index contributed by atoms with van der Waals surface area (Å²) in [5, 5.41) is 10.9. The van der Waals surface area contributed by atoms with Crippen LogP contribution in [0.3, 0.4) is 0 Å². The van der Waals surface area contributed by atoms with Crippen molar-refractivity contribution < 1.29 is 9.90 Å². The van der Waals surface area contributed by atoms with E-state index in [0.29, 0.717) is 5.02 Å². The van der Waals surface area contributed by atoms with E-state index < -0.39 is 11.4 Å². The highest BCUT2D eigenvalue weighted by Crippen LogP contribution is 2.35. The van der Waals surface area contributed by atoms with Gasteiger partial charge in [-0.15, -0.1) is 11.3 Å². The van der Waals surface area contributed by atoms with Crippen LogP contribution in [0.4, 0.5) is 0 Å². The zero-order chi connectivity index (χ0) is 11.9. The number of carbonyl (C=O) groups is 1. The molecule has 0 unspecified atom stereocenters. The van der Waals surface area contributed by atoms with Gasteiger partial charge < -0.3 is 5.11 Å². The molecule has 2 aromatic rings. The van der Waals surface area contributed by atoms with Crippen LogP contribution >= 0.6 is 22.9 Å². The van der Waals surface area contributed by atoms with Crippen LogP contribution in [0.15, 0.2) is 24.3 Å². The molecule has 0 saturated heterocycles. The molecule has 0 atom stereocenters. The third-order valence-corrected chi connectivity index (χ3v) is 4.29. The number of carboxylic acids is 1. The van der Waals surface area contributed by atoms with Crippen molar-refractivity contribution in [3.05, 3.63) is 34.2 Å². The van der Waals surface area contributed by atoms with E-state index in [1.807, 2.05) is 24.3 Å². The van der Waals surface area contributed by atoms with Crippen LogP contribution in [0.2, 0.25) is 5.02 Å². The van der Waals surface area contributed by atoms with E-state index in [0.717, 1.165) is 15.0 Å². The summed E-state index contributed by atoms with van der Waals surface area (Å²) in [6.07, 6.45) is 0. The molecule has 0 aliphatic heterocycles. The molecule has 84 valence electrons. The zero-order valence-electron chi connectivity index (χ0n) is 8.95. The van der Waals surface area contributed by atoms with Gasteiger partial charge in [-0.3, -0.25) is 4.79 Å². The van der Waals surface area contributed by atoms with E-state index in [2.05, 4.69) is 0 Å². The second-order valence-corrected chi connectivity index (χ2v) is 5.74. The van der Waals surface area contributed by atoms with Gasteiger partial charge in [-0.1, -0.05) is 17.7 Å². The topological polar surface area (TPSA) is 37.3 Å². The van der Waals surface area contributed by atoms with Crippen molar-refractivity contribution in [1.82, 2.24) is 0 Å². The summed E-state index contributed by atoms with van der Waals surface area (Å²) in [4.78, 5) is 12.0. The molecule has 0 bridgehead atoms. The third kappa shape index (κ3) is 1.81. The number of rotatable bonds is 2. The standard InChI is InChI=1S/C12H11ClO2S/c1-12(2,11(14)15)10-5-7-3-4-8(13)6-9(7)16-10/h3-6H,1-2H3,(H,14,15). The van der Waals surface area contributed by atoms with E-state index in [1.54, 1.807) is 13.8 Å². The van der Waals surface area contributed by atoms with Gasteiger partial charge in [-0.25, -0.2) is 0 Å². The number of carboxylic acid groups (broad SMARTS) is 1. The Bertz CT molecular complexity index is 557. The van der Waals surface area contributed by atoms with Gasteiger partial charge >= 0.3 is 5.97 Å². The van der Waals surface area contributed by atoms with Gasteiger partial charge in [0.05, 0.1) is 5.41 Å². The smallest absolute Gasteiger partial charge is 0.314 e. The van der Waals surface area contributed by atoms with Crippen LogP contribution in [0.5, 0.6) is 0 Å². The minimum absolute atomic E-state index is 0.675. The predicted molar refractivity (Wildman–Crippen MR) is 67.5 cm³/mol. The largest absolute Gasteiger partial charge is 0.481 e. The summed E-state index contributed by atoms with van der Waals surface area (Å²) in [7, 11) is 0. The fourth-order valence-electron chi connectivity index (χ4n) is 1.42. The van der Waals surface area contributed by atoms with E-state index in [1.165, 1.54) is 11.3 Å². The molecule has 1 N–H and O–H groups in total. The molecule has 0 radical (unpaired) electrons. The maximum absolute atomic E-state index is 11.1. The molecule has 0 amide bonds. The number of aliphatic carboxylic acids is 1. The Labute approximate surface area is 102 Å². The molecule has 0 spiro atoms. The number of hydrogen-bond donors (Lipinski definition) is 1. The van der Waals surface area contributed by atoms with Crippen LogP contribution in [0.25, 0.3) is 10.1 Å². The molecule has 2 rings (SSSR count). The Morgan fingerprint density at radius 3 is 2.69 bits per heavy atom. The van der Waals surface area contributed by atoms with Gasteiger partial charge in [0.2, 0.25) is 0 Å². The highest BCUT2D eigenvalue weighted by molar-refractivity contribution is 7.19. The fraction of sp³-hybridized carbons (Fsp3) is 0.250. The van der Waals surface area contributed by atoms with E-state index in [-0.39, 0.29) is 0 Å². The minimum Gasteiger partial charge on any atom is -0.481 e. The molecule has 0 saturated carbocycles. The van der Waals surface area contributed by atoms with Crippen LogP contribution < -0.4 is 0 Å². The van der Waals surface area contributed by atoms with Gasteiger partial charge in [0.1, 0.15) is 0 Å². The van der Waals surface area contributed by atoms with Gasteiger partial charge in [0.15, 0.2) is 0 Å². The molecule has 16 heavy (non-hydrogen) atoms. The molecular weight excluding hydrogens is 244 g/mol. The average Bonchev–Trinajstić information content (AvgIpc) is 2.60.